The second kappa shape index (κ2) is 8.45. The second-order valence-corrected chi connectivity index (χ2v) is 5.85. The van der Waals surface area contributed by atoms with Gasteiger partial charge >= 0.3 is 5.97 Å². The Balaban J connectivity index is 2.35. The molecule has 1 aromatic heterocycles. The molecule has 0 unspecified atom stereocenters. The topological polar surface area (TPSA) is 50.4 Å². The molecule has 2 aromatic rings. The molecule has 120 valence electrons. The van der Waals surface area contributed by atoms with E-state index in [0.29, 0.717) is 28.8 Å². The van der Waals surface area contributed by atoms with E-state index in [1.165, 1.54) is 11.3 Å². The second-order valence-electron chi connectivity index (χ2n) is 4.56. The van der Waals surface area contributed by atoms with E-state index in [0.717, 1.165) is 11.1 Å². The average Bonchev–Trinajstić information content (AvgIpc) is 2.97. The van der Waals surface area contributed by atoms with Crippen LogP contribution in [0, 0.1) is 0 Å². The van der Waals surface area contributed by atoms with Gasteiger partial charge in [0.25, 0.3) is 0 Å². The number of nitrogens with one attached hydrogen (secondary N) is 2. The molecule has 6 heteroatoms. The minimum Gasteiger partial charge on any atom is -0.462 e. The van der Waals surface area contributed by atoms with Crippen LogP contribution in [0.1, 0.15) is 17.3 Å². The van der Waals surface area contributed by atoms with Crippen LogP contribution < -0.4 is 10.6 Å². The molecule has 0 amide bonds. The van der Waals surface area contributed by atoms with E-state index in [2.05, 4.69) is 17.2 Å². The predicted molar refractivity (Wildman–Crippen MR) is 100 cm³/mol. The quantitative estimate of drug-likeness (QED) is 0.469. The summed E-state index contributed by atoms with van der Waals surface area (Å²) in [5, 5.41) is 9.09. The van der Waals surface area contributed by atoms with E-state index < -0.39 is 0 Å². The van der Waals surface area contributed by atoms with Crippen molar-refractivity contribution < 1.29 is 9.53 Å². The zero-order chi connectivity index (χ0) is 16.7. The lowest BCUT2D eigenvalue weighted by Gasteiger charge is -2.10. The maximum absolute atomic E-state index is 12.4. The number of carbonyl (C=O) groups excluding carboxylic acids is 1. The lowest BCUT2D eigenvalue weighted by Crippen LogP contribution is -2.28. The molecule has 0 aliphatic carbocycles. The Bertz CT molecular complexity index is 696. The van der Waals surface area contributed by atoms with Gasteiger partial charge in [0.2, 0.25) is 0 Å². The first-order valence-electron chi connectivity index (χ1n) is 7.17. The van der Waals surface area contributed by atoms with Crippen LogP contribution in [0.2, 0.25) is 0 Å². The summed E-state index contributed by atoms with van der Waals surface area (Å²) in [5.41, 5.74) is 2.30. The Morgan fingerprint density at radius 2 is 2.13 bits per heavy atom. The molecule has 0 saturated heterocycles. The predicted octanol–water partition coefficient (Wildman–Crippen LogP) is 4.06. The molecule has 4 nitrogen and oxygen atoms in total. The van der Waals surface area contributed by atoms with E-state index in [4.69, 9.17) is 17.0 Å². The molecule has 0 aliphatic rings. The highest BCUT2D eigenvalue weighted by atomic mass is 32.1. The molecule has 23 heavy (non-hydrogen) atoms. The van der Waals surface area contributed by atoms with Crippen LogP contribution in [0.4, 0.5) is 5.00 Å². The number of carbonyl (C=O) groups is 1. The first-order chi connectivity index (χ1) is 11.2. The van der Waals surface area contributed by atoms with Gasteiger partial charge in [0, 0.05) is 17.5 Å². The van der Waals surface area contributed by atoms with Crippen molar-refractivity contribution in [2.24, 2.45) is 0 Å². The standard InChI is InChI=1S/C17H18N2O2S2/c1-3-10-18-17(22)19-15-14(16(20)21-4-2)13(11-23-15)12-8-6-5-7-9-12/h3,5-9,11H,1,4,10H2,2H3,(H2,18,19,22). The summed E-state index contributed by atoms with van der Waals surface area (Å²) in [4.78, 5) is 12.4. The van der Waals surface area contributed by atoms with Gasteiger partial charge in [-0.25, -0.2) is 4.79 Å². The minimum absolute atomic E-state index is 0.321. The third-order valence-electron chi connectivity index (χ3n) is 2.99. The summed E-state index contributed by atoms with van der Waals surface area (Å²) in [6.07, 6.45) is 1.71. The highest BCUT2D eigenvalue weighted by Gasteiger charge is 2.21. The van der Waals surface area contributed by atoms with Gasteiger partial charge in [0.1, 0.15) is 10.6 Å². The van der Waals surface area contributed by atoms with Crippen molar-refractivity contribution in [3.05, 3.63) is 53.9 Å². The zero-order valence-electron chi connectivity index (χ0n) is 12.8. The maximum Gasteiger partial charge on any atom is 0.341 e. The van der Waals surface area contributed by atoms with Crippen molar-refractivity contribution in [1.29, 1.82) is 0 Å². The Kier molecular flexibility index (Phi) is 6.31. The number of benzene rings is 1. The molecule has 1 aromatic carbocycles. The summed E-state index contributed by atoms with van der Waals surface area (Å²) in [7, 11) is 0. The number of ether oxygens (including phenoxy) is 1. The van der Waals surface area contributed by atoms with Gasteiger partial charge in [0.15, 0.2) is 5.11 Å². The van der Waals surface area contributed by atoms with Gasteiger partial charge in [-0.2, -0.15) is 0 Å². The summed E-state index contributed by atoms with van der Waals surface area (Å²) in [6, 6.07) is 9.73. The average molecular weight is 346 g/mol. The highest BCUT2D eigenvalue weighted by molar-refractivity contribution is 7.80. The Hall–Kier alpha value is -2.18. The van der Waals surface area contributed by atoms with Gasteiger partial charge in [-0.05, 0) is 24.7 Å². The fraction of sp³-hybridized carbons (Fsp3) is 0.176. The van der Waals surface area contributed by atoms with Crippen molar-refractivity contribution in [3.63, 3.8) is 0 Å². The van der Waals surface area contributed by atoms with Crippen molar-refractivity contribution in [2.45, 2.75) is 6.92 Å². The molecule has 0 bridgehead atoms. The van der Waals surface area contributed by atoms with Crippen LogP contribution in [0.5, 0.6) is 0 Å². The highest BCUT2D eigenvalue weighted by Crippen LogP contribution is 2.36. The largest absolute Gasteiger partial charge is 0.462 e. The molecule has 2 N–H and O–H groups in total. The first-order valence-corrected chi connectivity index (χ1v) is 8.46. The monoisotopic (exact) mass is 346 g/mol. The first kappa shape index (κ1) is 17.2. The SMILES string of the molecule is C=CCNC(=S)Nc1scc(-c2ccccc2)c1C(=O)OCC. The molecule has 0 saturated carbocycles. The molecule has 2 rings (SSSR count). The van der Waals surface area contributed by atoms with Crippen LogP contribution in [0.3, 0.4) is 0 Å². The molecule has 1 heterocycles. The zero-order valence-corrected chi connectivity index (χ0v) is 14.4. The Morgan fingerprint density at radius 3 is 2.78 bits per heavy atom. The van der Waals surface area contributed by atoms with Crippen LogP contribution in [0.25, 0.3) is 11.1 Å². The van der Waals surface area contributed by atoms with Crippen LogP contribution in [0.15, 0.2) is 48.4 Å². The van der Waals surface area contributed by atoms with E-state index in [-0.39, 0.29) is 5.97 Å². The summed E-state index contributed by atoms with van der Waals surface area (Å²) >= 11 is 6.64. The molecule has 0 spiro atoms. The van der Waals surface area contributed by atoms with Gasteiger partial charge in [-0.3, -0.25) is 0 Å². The molecule has 0 atom stereocenters. The van der Waals surface area contributed by atoms with Crippen LogP contribution in [-0.2, 0) is 4.74 Å². The van der Waals surface area contributed by atoms with Gasteiger partial charge in [0.05, 0.1) is 6.61 Å². The van der Waals surface area contributed by atoms with Crippen LogP contribution >= 0.6 is 23.6 Å². The van der Waals surface area contributed by atoms with Crippen LogP contribution in [-0.4, -0.2) is 24.2 Å². The molecule has 0 radical (unpaired) electrons. The number of thiocarbonyl (C=S) groups is 1. The Morgan fingerprint density at radius 1 is 1.39 bits per heavy atom. The van der Waals surface area contributed by atoms with E-state index in [9.17, 15) is 4.79 Å². The molecular weight excluding hydrogens is 328 g/mol. The number of hydrogen-bond donors (Lipinski definition) is 2. The van der Waals surface area contributed by atoms with Crippen molar-refractivity contribution in [1.82, 2.24) is 5.32 Å². The number of esters is 1. The van der Waals surface area contributed by atoms with Gasteiger partial charge in [-0.15, -0.1) is 17.9 Å². The third kappa shape index (κ3) is 4.40. The number of rotatable bonds is 6. The Labute approximate surface area is 145 Å². The maximum atomic E-state index is 12.4. The van der Waals surface area contributed by atoms with E-state index in [1.807, 2.05) is 35.7 Å². The minimum atomic E-state index is -0.360. The fourth-order valence-electron chi connectivity index (χ4n) is 2.00. The van der Waals surface area contributed by atoms with E-state index in [1.54, 1.807) is 13.0 Å². The van der Waals surface area contributed by atoms with Crippen molar-refractivity contribution in [2.75, 3.05) is 18.5 Å². The molecular formula is C17H18N2O2S2. The number of hydrogen-bond acceptors (Lipinski definition) is 4. The van der Waals surface area contributed by atoms with Gasteiger partial charge < -0.3 is 15.4 Å². The fourth-order valence-corrected chi connectivity index (χ4v) is 3.21. The van der Waals surface area contributed by atoms with Crippen molar-refractivity contribution in [3.8, 4) is 11.1 Å². The molecule has 0 aliphatic heterocycles. The normalized spacial score (nSPS) is 9.96. The lowest BCUT2D eigenvalue weighted by molar-refractivity contribution is 0.0529. The lowest BCUT2D eigenvalue weighted by atomic mass is 10.0. The smallest absolute Gasteiger partial charge is 0.341 e. The summed E-state index contributed by atoms with van der Waals surface area (Å²) in [5.74, 6) is -0.360. The van der Waals surface area contributed by atoms with Crippen molar-refractivity contribution >= 4 is 39.6 Å². The van der Waals surface area contributed by atoms with E-state index >= 15 is 0 Å². The number of anilines is 1. The molecule has 0 fully saturated rings. The number of thiophene rings is 1. The summed E-state index contributed by atoms with van der Waals surface area (Å²) in [6.45, 7) is 6.29. The van der Waals surface area contributed by atoms with Gasteiger partial charge in [-0.1, -0.05) is 36.4 Å². The third-order valence-corrected chi connectivity index (χ3v) is 4.13. The summed E-state index contributed by atoms with van der Waals surface area (Å²) < 4.78 is 5.20.